The maximum Gasteiger partial charge on any atom is 0.223 e. The summed E-state index contributed by atoms with van der Waals surface area (Å²) in [6.07, 6.45) is 10.8. The van der Waals surface area contributed by atoms with Gasteiger partial charge in [0.15, 0.2) is 0 Å². The van der Waals surface area contributed by atoms with E-state index in [1.807, 2.05) is 0 Å². The smallest absolute Gasteiger partial charge is 0.223 e. The topological polar surface area (TPSA) is 58.4 Å². The molecule has 2 saturated heterocycles. The molecule has 0 aromatic heterocycles. The van der Waals surface area contributed by atoms with E-state index in [0.717, 1.165) is 25.7 Å². The van der Waals surface area contributed by atoms with Gasteiger partial charge < -0.3 is 16.0 Å². The molecule has 1 saturated carbocycles. The summed E-state index contributed by atoms with van der Waals surface area (Å²) in [5, 5.41) is 3.38. The molecule has 0 aromatic carbocycles. The molecule has 3 fully saturated rings. The van der Waals surface area contributed by atoms with Crippen LogP contribution in [-0.4, -0.2) is 42.5 Å². The lowest BCUT2D eigenvalue weighted by atomic mass is 9.78. The Morgan fingerprint density at radius 1 is 1.10 bits per heavy atom. The number of fused-ring (bicyclic) bond motifs is 2. The molecule has 4 unspecified atom stereocenters. The molecule has 4 heteroatoms. The molecule has 4 atom stereocenters. The maximum atomic E-state index is 12.7. The van der Waals surface area contributed by atoms with E-state index < -0.39 is 0 Å². The first-order valence-corrected chi connectivity index (χ1v) is 8.91. The normalized spacial score (nSPS) is 40.8. The minimum absolute atomic E-state index is 0.170. The third-order valence-corrected chi connectivity index (χ3v) is 6.23. The van der Waals surface area contributed by atoms with Gasteiger partial charge in [0, 0.05) is 24.0 Å². The maximum absolute atomic E-state index is 12.7. The number of hydrogen-bond acceptors (Lipinski definition) is 3. The molecule has 1 amide bonds. The van der Waals surface area contributed by atoms with E-state index in [4.69, 9.17) is 5.73 Å². The summed E-state index contributed by atoms with van der Waals surface area (Å²) in [7, 11) is 2.26. The highest BCUT2D eigenvalue weighted by atomic mass is 16.2. The van der Waals surface area contributed by atoms with Crippen molar-refractivity contribution < 1.29 is 4.79 Å². The van der Waals surface area contributed by atoms with E-state index in [1.165, 1.54) is 32.1 Å². The first-order chi connectivity index (χ1) is 10.2. The lowest BCUT2D eigenvalue weighted by Gasteiger charge is -2.47. The van der Waals surface area contributed by atoms with E-state index in [9.17, 15) is 4.79 Å². The Balaban J connectivity index is 1.57. The van der Waals surface area contributed by atoms with Gasteiger partial charge in [0.25, 0.3) is 0 Å². The number of rotatable bonds is 3. The monoisotopic (exact) mass is 293 g/mol. The molecule has 2 heterocycles. The second kappa shape index (κ2) is 6.66. The Morgan fingerprint density at radius 3 is 2.43 bits per heavy atom. The van der Waals surface area contributed by atoms with Crippen LogP contribution in [0.1, 0.15) is 57.8 Å². The summed E-state index contributed by atoms with van der Waals surface area (Å²) in [4.78, 5) is 15.2. The zero-order valence-corrected chi connectivity index (χ0v) is 13.4. The molecule has 3 N–H and O–H groups in total. The molecule has 3 rings (SSSR count). The summed E-state index contributed by atoms with van der Waals surface area (Å²) in [5.74, 6) is 0.866. The highest BCUT2D eigenvalue weighted by Crippen LogP contribution is 2.34. The number of carbonyl (C=O) groups is 1. The molecule has 0 radical (unpaired) electrons. The van der Waals surface area contributed by atoms with Crippen LogP contribution in [0.4, 0.5) is 0 Å². The highest BCUT2D eigenvalue weighted by Gasteiger charge is 2.38. The first kappa shape index (κ1) is 15.3. The van der Waals surface area contributed by atoms with Crippen LogP contribution >= 0.6 is 0 Å². The summed E-state index contributed by atoms with van der Waals surface area (Å²) >= 11 is 0. The van der Waals surface area contributed by atoms with Gasteiger partial charge in [-0.15, -0.1) is 0 Å². The number of nitrogens with one attached hydrogen (secondary N) is 1. The van der Waals surface area contributed by atoms with Gasteiger partial charge in [-0.1, -0.05) is 19.3 Å². The van der Waals surface area contributed by atoms with Gasteiger partial charge >= 0.3 is 0 Å². The van der Waals surface area contributed by atoms with Crippen LogP contribution in [0, 0.1) is 11.8 Å². The van der Waals surface area contributed by atoms with Gasteiger partial charge in [-0.2, -0.15) is 0 Å². The van der Waals surface area contributed by atoms with E-state index in [1.54, 1.807) is 0 Å². The van der Waals surface area contributed by atoms with Crippen molar-refractivity contribution in [3.8, 4) is 0 Å². The predicted molar refractivity (Wildman–Crippen MR) is 84.9 cm³/mol. The average Bonchev–Trinajstić information content (AvgIpc) is 2.48. The van der Waals surface area contributed by atoms with Crippen molar-refractivity contribution in [2.45, 2.75) is 75.9 Å². The van der Waals surface area contributed by atoms with Crippen LogP contribution in [0.2, 0.25) is 0 Å². The fourth-order valence-electron chi connectivity index (χ4n) is 4.88. The Hall–Kier alpha value is -0.610. The third kappa shape index (κ3) is 3.26. The Labute approximate surface area is 128 Å². The van der Waals surface area contributed by atoms with Crippen molar-refractivity contribution in [1.29, 1.82) is 0 Å². The number of carbonyl (C=O) groups excluding carboxylic acids is 1. The van der Waals surface area contributed by atoms with Crippen LogP contribution in [0.3, 0.4) is 0 Å². The van der Waals surface area contributed by atoms with Crippen LogP contribution in [0.5, 0.6) is 0 Å². The number of nitrogens with zero attached hydrogens (tertiary/aromatic N) is 1. The number of piperidine rings is 2. The van der Waals surface area contributed by atoms with Crippen molar-refractivity contribution in [2.24, 2.45) is 17.6 Å². The summed E-state index contributed by atoms with van der Waals surface area (Å²) in [6, 6.07) is 1.75. The second-order valence-corrected chi connectivity index (χ2v) is 7.47. The third-order valence-electron chi connectivity index (χ3n) is 6.23. The summed E-state index contributed by atoms with van der Waals surface area (Å²) < 4.78 is 0. The van der Waals surface area contributed by atoms with Crippen molar-refractivity contribution in [1.82, 2.24) is 10.2 Å². The molecule has 21 heavy (non-hydrogen) atoms. The van der Waals surface area contributed by atoms with Gasteiger partial charge in [0.05, 0.1) is 0 Å². The van der Waals surface area contributed by atoms with Crippen molar-refractivity contribution in [2.75, 3.05) is 13.6 Å². The molecular formula is C17H31N3O. The zero-order chi connectivity index (χ0) is 14.8. The van der Waals surface area contributed by atoms with Crippen LogP contribution in [0.15, 0.2) is 0 Å². The highest BCUT2D eigenvalue weighted by molar-refractivity contribution is 5.79. The molecule has 0 spiro atoms. The largest absolute Gasteiger partial charge is 0.353 e. The van der Waals surface area contributed by atoms with Crippen LogP contribution in [0.25, 0.3) is 0 Å². The standard InChI is InChI=1S/C17H31N3O/c1-20-14-6-4-7-15(20)10-13(9-14)19-17(21)16-8-3-2-5-12(16)11-18/h12-16H,2-11,18H2,1H3,(H,19,21). The molecule has 4 nitrogen and oxygen atoms in total. The SMILES string of the molecule is CN1C2CCCC1CC(NC(=O)C1CCCCC1CN)C2. The predicted octanol–water partition coefficient (Wildman–Crippen LogP) is 1.88. The Morgan fingerprint density at radius 2 is 1.76 bits per heavy atom. The minimum Gasteiger partial charge on any atom is -0.353 e. The molecular weight excluding hydrogens is 262 g/mol. The number of hydrogen-bond donors (Lipinski definition) is 2. The van der Waals surface area contributed by atoms with Gasteiger partial charge in [-0.3, -0.25) is 4.79 Å². The lowest BCUT2D eigenvalue weighted by Crippen LogP contribution is -2.56. The minimum atomic E-state index is 0.170. The Bertz CT molecular complexity index is 359. The quantitative estimate of drug-likeness (QED) is 0.835. The molecule has 1 aliphatic carbocycles. The molecule has 0 aromatic rings. The fraction of sp³-hybridized carbons (Fsp3) is 0.941. The summed E-state index contributed by atoms with van der Waals surface area (Å²) in [6.45, 7) is 0.663. The molecule has 2 aliphatic heterocycles. The van der Waals surface area contributed by atoms with Gasteiger partial charge in [0.1, 0.15) is 0 Å². The summed E-state index contributed by atoms with van der Waals surface area (Å²) in [5.41, 5.74) is 5.87. The zero-order valence-electron chi connectivity index (χ0n) is 13.4. The average molecular weight is 293 g/mol. The molecule has 120 valence electrons. The van der Waals surface area contributed by atoms with E-state index >= 15 is 0 Å². The van der Waals surface area contributed by atoms with Crippen molar-refractivity contribution >= 4 is 5.91 Å². The number of amides is 1. The number of nitrogens with two attached hydrogens (primary N) is 1. The van der Waals surface area contributed by atoms with Gasteiger partial charge in [0.2, 0.25) is 5.91 Å². The van der Waals surface area contributed by atoms with Gasteiger partial charge in [-0.05, 0) is 58.0 Å². The van der Waals surface area contributed by atoms with Crippen LogP contribution < -0.4 is 11.1 Å². The van der Waals surface area contributed by atoms with E-state index in [0.29, 0.717) is 30.6 Å². The van der Waals surface area contributed by atoms with Gasteiger partial charge in [-0.25, -0.2) is 0 Å². The Kier molecular flexibility index (Phi) is 4.85. The van der Waals surface area contributed by atoms with Crippen molar-refractivity contribution in [3.05, 3.63) is 0 Å². The van der Waals surface area contributed by atoms with Crippen LogP contribution in [-0.2, 0) is 4.79 Å². The van der Waals surface area contributed by atoms with E-state index in [2.05, 4.69) is 17.3 Å². The molecule has 2 bridgehead atoms. The van der Waals surface area contributed by atoms with E-state index in [-0.39, 0.29) is 11.8 Å². The second-order valence-electron chi connectivity index (χ2n) is 7.47. The first-order valence-electron chi connectivity index (χ1n) is 8.91. The fourth-order valence-corrected chi connectivity index (χ4v) is 4.88. The lowest BCUT2D eigenvalue weighted by molar-refractivity contribution is -0.129. The molecule has 3 aliphatic rings. The van der Waals surface area contributed by atoms with Crippen molar-refractivity contribution in [3.63, 3.8) is 0 Å².